The number of pyridine rings is 1. The lowest BCUT2D eigenvalue weighted by Crippen LogP contribution is -2.46. The third kappa shape index (κ3) is 3.47. The van der Waals surface area contributed by atoms with Gasteiger partial charge in [0, 0.05) is 43.9 Å². The number of nitrogens with zero attached hydrogens (tertiary/aromatic N) is 7. The number of likely N-dealkylation sites (tertiary alicyclic amines) is 1. The zero-order valence-electron chi connectivity index (χ0n) is 16.0. The molecule has 5 heterocycles. The first-order valence-corrected chi connectivity index (χ1v) is 9.69. The van der Waals surface area contributed by atoms with Gasteiger partial charge in [-0.1, -0.05) is 0 Å². The first kappa shape index (κ1) is 18.2. The van der Waals surface area contributed by atoms with E-state index in [4.69, 9.17) is 0 Å². The molecule has 0 radical (unpaired) electrons. The Hall–Kier alpha value is -3.82. The number of aromatic nitrogens is 6. The number of halogens is 1. The van der Waals surface area contributed by atoms with E-state index >= 15 is 0 Å². The first-order valence-electron chi connectivity index (χ1n) is 9.69. The second-order valence-electron chi connectivity index (χ2n) is 7.15. The van der Waals surface area contributed by atoms with Crippen molar-refractivity contribution in [2.24, 2.45) is 0 Å². The molecule has 9 nitrogen and oxygen atoms in total. The van der Waals surface area contributed by atoms with Gasteiger partial charge in [-0.25, -0.2) is 24.1 Å². The lowest BCUT2D eigenvalue weighted by atomic mass is 10.1. The summed E-state index contributed by atoms with van der Waals surface area (Å²) in [5.74, 6) is 0.725. The predicted molar refractivity (Wildman–Crippen MR) is 107 cm³/mol. The quantitative estimate of drug-likeness (QED) is 0.562. The van der Waals surface area contributed by atoms with E-state index in [0.717, 1.165) is 12.8 Å². The molecule has 0 spiro atoms. The lowest BCUT2D eigenvalue weighted by molar-refractivity contribution is 0.181. The Bertz CT molecular complexity index is 1190. The maximum Gasteiger partial charge on any atom is 0.344 e. The molecule has 1 aliphatic heterocycles. The molecule has 10 heteroatoms. The molecule has 30 heavy (non-hydrogen) atoms. The minimum absolute atomic E-state index is 0.0561. The van der Waals surface area contributed by atoms with Crippen molar-refractivity contribution in [1.29, 1.82) is 0 Å². The molecule has 1 fully saturated rings. The molecule has 5 rings (SSSR count). The summed E-state index contributed by atoms with van der Waals surface area (Å²) in [7, 11) is 0. The van der Waals surface area contributed by atoms with Crippen LogP contribution in [-0.2, 0) is 0 Å². The van der Waals surface area contributed by atoms with Gasteiger partial charge in [0.25, 0.3) is 0 Å². The molecule has 0 bridgehead atoms. The molecule has 1 atom stereocenters. The monoisotopic (exact) mass is 406 g/mol. The van der Waals surface area contributed by atoms with E-state index in [2.05, 4.69) is 25.4 Å². The van der Waals surface area contributed by atoms with Crippen LogP contribution in [0.5, 0.6) is 0 Å². The van der Waals surface area contributed by atoms with Crippen molar-refractivity contribution < 1.29 is 9.18 Å². The molecule has 0 aliphatic carbocycles. The molecule has 1 aliphatic rings. The number of hydrogen-bond donors (Lipinski definition) is 1. The summed E-state index contributed by atoms with van der Waals surface area (Å²) in [6.45, 7) is 1.25. The third-order valence-corrected chi connectivity index (χ3v) is 5.10. The Kier molecular flexibility index (Phi) is 4.58. The highest BCUT2D eigenvalue weighted by Crippen LogP contribution is 2.20. The van der Waals surface area contributed by atoms with Crippen molar-refractivity contribution in [2.45, 2.75) is 18.9 Å². The summed E-state index contributed by atoms with van der Waals surface area (Å²) in [5, 5.41) is 7.42. The number of anilines is 1. The number of amides is 1. The van der Waals surface area contributed by atoms with Gasteiger partial charge in [0.2, 0.25) is 0 Å². The zero-order valence-corrected chi connectivity index (χ0v) is 16.0. The largest absolute Gasteiger partial charge is 0.365 e. The average molecular weight is 406 g/mol. The number of piperidine rings is 1. The van der Waals surface area contributed by atoms with Gasteiger partial charge in [0.1, 0.15) is 23.0 Å². The van der Waals surface area contributed by atoms with Crippen LogP contribution in [0, 0.1) is 5.82 Å². The lowest BCUT2D eigenvalue weighted by Gasteiger charge is -2.33. The Morgan fingerprint density at radius 1 is 1.20 bits per heavy atom. The van der Waals surface area contributed by atoms with E-state index in [9.17, 15) is 9.18 Å². The Morgan fingerprint density at radius 2 is 2.13 bits per heavy atom. The molecule has 4 aromatic rings. The van der Waals surface area contributed by atoms with E-state index in [0.29, 0.717) is 36.1 Å². The predicted octanol–water partition coefficient (Wildman–Crippen LogP) is 2.67. The molecule has 0 saturated carbocycles. The van der Waals surface area contributed by atoms with Gasteiger partial charge >= 0.3 is 6.03 Å². The number of rotatable bonds is 3. The Morgan fingerprint density at radius 3 is 3.00 bits per heavy atom. The standard InChI is InChI=1S/C20H19FN8O/c21-14-4-5-18-23-11-16(28(18)12-14)19-22-8-6-17(26-19)25-15-3-1-9-27(13-15)20(30)29-10-2-7-24-29/h2,4-8,10-12,15H,1,3,9,13H2,(H,22,25,26)/t15-/m1/s1. The number of fused-ring (bicyclic) bond motifs is 1. The van der Waals surface area contributed by atoms with Crippen LogP contribution >= 0.6 is 0 Å². The van der Waals surface area contributed by atoms with Crippen LogP contribution in [0.3, 0.4) is 0 Å². The second kappa shape index (κ2) is 7.54. The van der Waals surface area contributed by atoms with Crippen LogP contribution in [0.25, 0.3) is 17.2 Å². The van der Waals surface area contributed by atoms with Crippen LogP contribution in [0.1, 0.15) is 12.8 Å². The van der Waals surface area contributed by atoms with E-state index < -0.39 is 0 Å². The second-order valence-corrected chi connectivity index (χ2v) is 7.15. The van der Waals surface area contributed by atoms with Crippen molar-refractivity contribution in [3.05, 3.63) is 61.1 Å². The van der Waals surface area contributed by atoms with Crippen LogP contribution in [0.4, 0.5) is 15.0 Å². The van der Waals surface area contributed by atoms with Crippen molar-refractivity contribution in [3.63, 3.8) is 0 Å². The fourth-order valence-electron chi connectivity index (χ4n) is 3.69. The van der Waals surface area contributed by atoms with Crippen molar-refractivity contribution in [3.8, 4) is 11.5 Å². The van der Waals surface area contributed by atoms with E-state index in [1.165, 1.54) is 16.9 Å². The fourth-order valence-corrected chi connectivity index (χ4v) is 3.69. The number of carbonyl (C=O) groups excluding carboxylic acids is 1. The zero-order chi connectivity index (χ0) is 20.5. The number of nitrogens with one attached hydrogen (secondary N) is 1. The normalized spacial score (nSPS) is 16.7. The SMILES string of the molecule is O=C(N1CCC[C@@H](Nc2ccnc(-c3cnc4ccc(F)cn34)n2)C1)n1cccn1. The van der Waals surface area contributed by atoms with E-state index in [1.54, 1.807) is 52.3 Å². The third-order valence-electron chi connectivity index (χ3n) is 5.10. The molecule has 1 N–H and O–H groups in total. The Balaban J connectivity index is 1.34. The number of imidazole rings is 1. The minimum atomic E-state index is -0.361. The Labute approximate surface area is 171 Å². The van der Waals surface area contributed by atoms with Crippen molar-refractivity contribution in [2.75, 3.05) is 18.4 Å². The molecule has 0 unspecified atom stereocenters. The van der Waals surface area contributed by atoms with Gasteiger partial charge in [0.15, 0.2) is 5.82 Å². The van der Waals surface area contributed by atoms with Crippen molar-refractivity contribution >= 4 is 17.5 Å². The maximum absolute atomic E-state index is 13.7. The van der Waals surface area contributed by atoms with Gasteiger partial charge in [-0.2, -0.15) is 9.78 Å². The highest BCUT2D eigenvalue weighted by atomic mass is 19.1. The highest BCUT2D eigenvalue weighted by Gasteiger charge is 2.25. The summed E-state index contributed by atoms with van der Waals surface area (Å²) in [4.78, 5) is 27.5. The highest BCUT2D eigenvalue weighted by molar-refractivity contribution is 5.76. The molecule has 1 saturated heterocycles. The van der Waals surface area contributed by atoms with Crippen LogP contribution in [0.2, 0.25) is 0 Å². The minimum Gasteiger partial charge on any atom is -0.365 e. The smallest absolute Gasteiger partial charge is 0.344 e. The average Bonchev–Trinajstić information content (AvgIpc) is 3.43. The summed E-state index contributed by atoms with van der Waals surface area (Å²) in [6.07, 6.45) is 9.68. The molecular formula is C20H19FN8O. The number of hydrogen-bond acceptors (Lipinski definition) is 6. The van der Waals surface area contributed by atoms with Gasteiger partial charge in [-0.05, 0) is 37.1 Å². The summed E-state index contributed by atoms with van der Waals surface area (Å²) in [5.41, 5.74) is 1.22. The van der Waals surface area contributed by atoms with Gasteiger partial charge < -0.3 is 10.2 Å². The fraction of sp³-hybridized carbons (Fsp3) is 0.250. The van der Waals surface area contributed by atoms with Crippen LogP contribution < -0.4 is 5.32 Å². The maximum atomic E-state index is 13.7. The molecule has 0 aromatic carbocycles. The molecule has 4 aromatic heterocycles. The van der Waals surface area contributed by atoms with E-state index in [1.807, 2.05) is 0 Å². The molecule has 1 amide bonds. The molecule has 152 valence electrons. The summed E-state index contributed by atoms with van der Waals surface area (Å²) in [6, 6.07) is 6.40. The summed E-state index contributed by atoms with van der Waals surface area (Å²) >= 11 is 0. The van der Waals surface area contributed by atoms with Crippen molar-refractivity contribution in [1.82, 2.24) is 34.0 Å². The van der Waals surface area contributed by atoms with Gasteiger partial charge in [0.05, 0.1) is 6.20 Å². The number of carbonyl (C=O) groups is 1. The van der Waals surface area contributed by atoms with Gasteiger partial charge in [-0.3, -0.25) is 4.40 Å². The summed E-state index contributed by atoms with van der Waals surface area (Å²) < 4.78 is 16.6. The van der Waals surface area contributed by atoms with Crippen LogP contribution in [0.15, 0.2) is 55.2 Å². The topological polar surface area (TPSA) is 93.2 Å². The van der Waals surface area contributed by atoms with E-state index in [-0.39, 0.29) is 17.9 Å². The van der Waals surface area contributed by atoms with Gasteiger partial charge in [-0.15, -0.1) is 0 Å². The first-order chi connectivity index (χ1) is 14.7. The molecular weight excluding hydrogens is 387 g/mol. The van der Waals surface area contributed by atoms with Crippen LogP contribution in [-0.4, -0.2) is 59.2 Å².